The number of para-hydroxylation sites is 1. The molecule has 0 radical (unpaired) electrons. The number of nitrogens with zero attached hydrogens (tertiary/aromatic N) is 2. The summed E-state index contributed by atoms with van der Waals surface area (Å²) in [6.45, 7) is 5.01. The van der Waals surface area contributed by atoms with Crippen LogP contribution < -0.4 is 9.47 Å². The molecule has 1 aromatic carbocycles. The highest BCUT2D eigenvalue weighted by Gasteiger charge is 2.54. The maximum Gasteiger partial charge on any atom is 0.222 e. The Morgan fingerprint density at radius 3 is 3.03 bits per heavy atom. The Morgan fingerprint density at radius 1 is 1.39 bits per heavy atom. The number of methoxy groups -OCH3 is 1. The fourth-order valence-corrected chi connectivity index (χ4v) is 5.55. The lowest BCUT2D eigenvalue weighted by atomic mass is 9.74. The van der Waals surface area contributed by atoms with Gasteiger partial charge in [-0.05, 0) is 51.2 Å². The second-order valence-corrected chi connectivity index (χ2v) is 9.42. The van der Waals surface area contributed by atoms with E-state index in [-0.39, 0.29) is 30.1 Å². The van der Waals surface area contributed by atoms with E-state index in [4.69, 9.17) is 14.2 Å². The molecule has 2 fully saturated rings. The molecule has 166 valence electrons. The number of rotatable bonds is 5. The molecule has 3 aliphatic heterocycles. The number of likely N-dealkylation sites (tertiary alicyclic amines) is 1. The first-order valence-electron chi connectivity index (χ1n) is 11.3. The second kappa shape index (κ2) is 7.86. The van der Waals surface area contributed by atoms with Gasteiger partial charge >= 0.3 is 0 Å². The first-order chi connectivity index (χ1) is 15.0. The Balaban J connectivity index is 1.31. The molecule has 3 aliphatic rings. The monoisotopic (exact) mass is 425 g/mol. The first-order valence-corrected chi connectivity index (χ1v) is 11.3. The molecule has 0 spiro atoms. The smallest absolute Gasteiger partial charge is 0.222 e. The molecule has 5 rings (SSSR count). The Hall–Kier alpha value is -2.54. The molecule has 7 nitrogen and oxygen atoms in total. The molecule has 0 saturated carbocycles. The van der Waals surface area contributed by atoms with Crippen LogP contribution in [0, 0.1) is 5.92 Å². The van der Waals surface area contributed by atoms with Crippen LogP contribution in [0.4, 0.5) is 0 Å². The van der Waals surface area contributed by atoms with Crippen molar-refractivity contribution in [2.45, 2.75) is 69.8 Å². The van der Waals surface area contributed by atoms with Gasteiger partial charge in [0.25, 0.3) is 0 Å². The number of ether oxygens (including phenoxy) is 3. The summed E-state index contributed by atoms with van der Waals surface area (Å²) in [5, 5.41) is 6.80. The van der Waals surface area contributed by atoms with Crippen molar-refractivity contribution in [3.63, 3.8) is 0 Å². The van der Waals surface area contributed by atoms with Gasteiger partial charge in [-0.1, -0.05) is 12.1 Å². The van der Waals surface area contributed by atoms with E-state index in [1.165, 1.54) is 0 Å². The number of nitrogens with one attached hydrogen (secondary N) is 1. The predicted octanol–water partition coefficient (Wildman–Crippen LogP) is 3.66. The van der Waals surface area contributed by atoms with Gasteiger partial charge in [0.1, 0.15) is 5.60 Å². The van der Waals surface area contributed by atoms with Crippen molar-refractivity contribution in [3.05, 3.63) is 41.7 Å². The van der Waals surface area contributed by atoms with Gasteiger partial charge in [-0.15, -0.1) is 0 Å². The maximum atomic E-state index is 13.0. The molecule has 31 heavy (non-hydrogen) atoms. The van der Waals surface area contributed by atoms with Crippen LogP contribution in [0.2, 0.25) is 0 Å². The van der Waals surface area contributed by atoms with Gasteiger partial charge in [-0.25, -0.2) is 0 Å². The van der Waals surface area contributed by atoms with Crippen molar-refractivity contribution in [3.8, 4) is 11.5 Å². The molecule has 0 unspecified atom stereocenters. The van der Waals surface area contributed by atoms with Crippen molar-refractivity contribution < 1.29 is 19.0 Å². The van der Waals surface area contributed by atoms with E-state index in [1.807, 2.05) is 24.5 Å². The van der Waals surface area contributed by atoms with Gasteiger partial charge in [0.15, 0.2) is 11.5 Å². The summed E-state index contributed by atoms with van der Waals surface area (Å²) in [7, 11) is 1.67. The fraction of sp³-hybridized carbons (Fsp3) is 0.583. The molecule has 1 N–H and O–H groups in total. The number of hydrogen-bond donors (Lipinski definition) is 1. The third kappa shape index (κ3) is 3.59. The SMILES string of the molecule is COc1cccc2c1OC(C)(C)[C@H]1C[C@@H]3[C@H](CCN3C(=O)CCCc3cn[nH]c3)O[C@H]21. The summed E-state index contributed by atoms with van der Waals surface area (Å²) in [5.74, 6) is 1.94. The largest absolute Gasteiger partial charge is 0.493 e. The summed E-state index contributed by atoms with van der Waals surface area (Å²) < 4.78 is 18.7. The summed E-state index contributed by atoms with van der Waals surface area (Å²) in [6, 6.07) is 6.13. The zero-order valence-corrected chi connectivity index (χ0v) is 18.5. The van der Waals surface area contributed by atoms with Crippen LogP contribution in [0.15, 0.2) is 30.6 Å². The minimum atomic E-state index is -0.407. The van der Waals surface area contributed by atoms with Gasteiger partial charge in [0.05, 0.1) is 31.6 Å². The van der Waals surface area contributed by atoms with E-state index in [0.717, 1.165) is 54.9 Å². The molecule has 2 aromatic rings. The van der Waals surface area contributed by atoms with Crippen molar-refractivity contribution in [2.75, 3.05) is 13.7 Å². The van der Waals surface area contributed by atoms with E-state index in [0.29, 0.717) is 6.42 Å². The quantitative estimate of drug-likeness (QED) is 0.791. The van der Waals surface area contributed by atoms with E-state index in [1.54, 1.807) is 7.11 Å². The Kier molecular flexibility index (Phi) is 5.16. The number of carbonyl (C=O) groups is 1. The molecule has 7 heteroatoms. The summed E-state index contributed by atoms with van der Waals surface area (Å²) in [6.07, 6.45) is 7.80. The van der Waals surface area contributed by atoms with E-state index >= 15 is 0 Å². The summed E-state index contributed by atoms with van der Waals surface area (Å²) in [5.41, 5.74) is 1.80. The zero-order chi connectivity index (χ0) is 21.6. The normalized spacial score (nSPS) is 28.3. The van der Waals surface area contributed by atoms with Crippen LogP contribution in [-0.2, 0) is 16.0 Å². The molecule has 2 saturated heterocycles. The van der Waals surface area contributed by atoms with Gasteiger partial charge in [0, 0.05) is 30.6 Å². The molecule has 0 bridgehead atoms. The highest BCUT2D eigenvalue weighted by atomic mass is 16.5. The van der Waals surface area contributed by atoms with E-state index in [9.17, 15) is 4.79 Å². The summed E-state index contributed by atoms with van der Waals surface area (Å²) in [4.78, 5) is 15.1. The first kappa shape index (κ1) is 20.4. The van der Waals surface area contributed by atoms with E-state index < -0.39 is 5.60 Å². The molecular weight excluding hydrogens is 394 g/mol. The lowest BCUT2D eigenvalue weighted by Crippen LogP contribution is -2.54. The van der Waals surface area contributed by atoms with Crippen LogP contribution in [0.25, 0.3) is 0 Å². The molecule has 4 heterocycles. The average molecular weight is 426 g/mol. The minimum absolute atomic E-state index is 0.0359. The van der Waals surface area contributed by atoms with Crippen LogP contribution in [0.1, 0.15) is 56.8 Å². The molecular formula is C24H31N3O4. The van der Waals surface area contributed by atoms with Crippen LogP contribution in [-0.4, -0.2) is 52.4 Å². The van der Waals surface area contributed by atoms with Crippen LogP contribution in [0.5, 0.6) is 11.5 Å². The van der Waals surface area contributed by atoms with Gasteiger partial charge in [0.2, 0.25) is 5.91 Å². The highest BCUT2D eigenvalue weighted by Crippen LogP contribution is 2.54. The number of amides is 1. The average Bonchev–Trinajstić information content (AvgIpc) is 3.41. The predicted molar refractivity (Wildman–Crippen MR) is 115 cm³/mol. The Labute approximate surface area is 183 Å². The number of aromatic nitrogens is 2. The highest BCUT2D eigenvalue weighted by molar-refractivity contribution is 5.77. The number of fused-ring (bicyclic) bond motifs is 4. The van der Waals surface area contributed by atoms with E-state index in [2.05, 4.69) is 35.0 Å². The molecule has 4 atom stereocenters. The summed E-state index contributed by atoms with van der Waals surface area (Å²) >= 11 is 0. The number of carbonyl (C=O) groups excluding carboxylic acids is 1. The van der Waals surface area contributed by atoms with Gasteiger partial charge in [-0.2, -0.15) is 5.10 Å². The topological polar surface area (TPSA) is 76.7 Å². The van der Waals surface area contributed by atoms with Crippen molar-refractivity contribution in [1.29, 1.82) is 0 Å². The lowest BCUT2D eigenvalue weighted by molar-refractivity contribution is -0.167. The zero-order valence-electron chi connectivity index (χ0n) is 18.5. The minimum Gasteiger partial charge on any atom is -0.493 e. The van der Waals surface area contributed by atoms with Crippen molar-refractivity contribution in [2.24, 2.45) is 5.92 Å². The fourth-order valence-electron chi connectivity index (χ4n) is 5.55. The number of H-pyrrole nitrogens is 1. The van der Waals surface area contributed by atoms with Gasteiger partial charge in [-0.3, -0.25) is 9.89 Å². The third-order valence-corrected chi connectivity index (χ3v) is 7.19. The molecule has 0 aliphatic carbocycles. The van der Waals surface area contributed by atoms with Crippen LogP contribution in [0.3, 0.4) is 0 Å². The lowest BCUT2D eigenvalue weighted by Gasteiger charge is -2.50. The number of benzene rings is 1. The Bertz CT molecular complexity index is 942. The number of aromatic amines is 1. The molecule has 1 aromatic heterocycles. The van der Waals surface area contributed by atoms with Gasteiger partial charge < -0.3 is 19.1 Å². The standard InChI is InChI=1S/C24H31N3O4/c1-24(2)17-12-18-19(30-22(17)16-7-5-8-20(29-3)23(16)31-24)10-11-27(18)21(28)9-4-6-15-13-25-26-14-15/h5,7-8,13-14,17-19,22H,4,6,9-12H2,1-3H3,(H,25,26)/t17-,18+,19-,22+/m0/s1. The van der Waals surface area contributed by atoms with Crippen LogP contribution >= 0.6 is 0 Å². The second-order valence-electron chi connectivity index (χ2n) is 9.42. The molecule has 1 amide bonds. The Morgan fingerprint density at radius 2 is 2.26 bits per heavy atom. The third-order valence-electron chi connectivity index (χ3n) is 7.19. The van der Waals surface area contributed by atoms with Crippen molar-refractivity contribution in [1.82, 2.24) is 15.1 Å². The number of aryl methyl sites for hydroxylation is 1. The maximum absolute atomic E-state index is 13.0. The van der Waals surface area contributed by atoms with Crippen molar-refractivity contribution >= 4 is 5.91 Å². The number of hydrogen-bond acceptors (Lipinski definition) is 5.